The standard InChI is InChI=1S/C10H9ClN4O4S3/c1-2-20-10-13-12-9(21-10)14-22(18,19)6-3-4-7(11)8(5-6)15(16)17/h3-5H,2H2,1H3,(H,12,14). The van der Waals surface area contributed by atoms with Crippen molar-refractivity contribution in [3.63, 3.8) is 0 Å². The van der Waals surface area contributed by atoms with Crippen molar-refractivity contribution in [1.82, 2.24) is 10.2 Å². The Hall–Kier alpha value is -1.43. The molecule has 0 amide bonds. The van der Waals surface area contributed by atoms with E-state index in [4.69, 9.17) is 11.6 Å². The minimum atomic E-state index is -4.00. The molecule has 0 saturated heterocycles. The van der Waals surface area contributed by atoms with E-state index in [0.29, 0.717) is 4.34 Å². The van der Waals surface area contributed by atoms with Gasteiger partial charge in [-0.3, -0.25) is 14.8 Å². The third-order valence-electron chi connectivity index (χ3n) is 2.32. The molecule has 12 heteroatoms. The molecule has 0 spiro atoms. The first-order valence-corrected chi connectivity index (χ1v) is 9.43. The van der Waals surface area contributed by atoms with Crippen molar-refractivity contribution in [3.05, 3.63) is 33.3 Å². The summed E-state index contributed by atoms with van der Waals surface area (Å²) < 4.78 is 27.3. The Morgan fingerprint density at radius 3 is 2.82 bits per heavy atom. The monoisotopic (exact) mass is 380 g/mol. The van der Waals surface area contributed by atoms with Gasteiger partial charge in [-0.2, -0.15) is 0 Å². The molecule has 0 unspecified atom stereocenters. The number of nitrogens with zero attached hydrogens (tertiary/aromatic N) is 3. The Labute approximate surface area is 139 Å². The highest BCUT2D eigenvalue weighted by Gasteiger charge is 2.22. The van der Waals surface area contributed by atoms with Gasteiger partial charge in [0.25, 0.3) is 15.7 Å². The van der Waals surface area contributed by atoms with Crippen LogP contribution in [0.2, 0.25) is 5.02 Å². The fraction of sp³-hybridized carbons (Fsp3) is 0.200. The van der Waals surface area contributed by atoms with E-state index in [-0.39, 0.29) is 15.0 Å². The number of thioether (sulfide) groups is 1. The second kappa shape index (κ2) is 6.77. The van der Waals surface area contributed by atoms with Crippen LogP contribution in [0, 0.1) is 10.1 Å². The molecule has 1 N–H and O–H groups in total. The topological polar surface area (TPSA) is 115 Å². The molecule has 0 fully saturated rings. The number of nitro benzene ring substituents is 1. The molecule has 0 atom stereocenters. The molecule has 22 heavy (non-hydrogen) atoms. The van der Waals surface area contributed by atoms with Gasteiger partial charge in [0.15, 0.2) is 4.34 Å². The van der Waals surface area contributed by atoms with Gasteiger partial charge in [0, 0.05) is 6.07 Å². The van der Waals surface area contributed by atoms with Gasteiger partial charge in [-0.15, -0.1) is 10.2 Å². The van der Waals surface area contributed by atoms with Gasteiger partial charge in [-0.1, -0.05) is 41.6 Å². The lowest BCUT2D eigenvalue weighted by atomic mass is 10.3. The molecule has 2 aromatic rings. The van der Waals surface area contributed by atoms with Crippen LogP contribution in [-0.4, -0.2) is 29.3 Å². The number of aromatic nitrogens is 2. The van der Waals surface area contributed by atoms with Crippen molar-refractivity contribution in [2.75, 3.05) is 10.5 Å². The Morgan fingerprint density at radius 1 is 1.45 bits per heavy atom. The lowest BCUT2D eigenvalue weighted by Crippen LogP contribution is -2.13. The van der Waals surface area contributed by atoms with E-state index in [1.807, 2.05) is 6.92 Å². The Bertz CT molecular complexity index is 808. The van der Waals surface area contributed by atoms with Gasteiger partial charge in [-0.25, -0.2) is 8.42 Å². The van der Waals surface area contributed by atoms with E-state index in [1.54, 1.807) is 0 Å². The summed E-state index contributed by atoms with van der Waals surface area (Å²) >= 11 is 8.17. The second-order valence-electron chi connectivity index (χ2n) is 3.78. The van der Waals surface area contributed by atoms with Crippen LogP contribution >= 0.6 is 34.7 Å². The van der Waals surface area contributed by atoms with Crippen molar-refractivity contribution in [1.29, 1.82) is 0 Å². The van der Waals surface area contributed by atoms with Gasteiger partial charge in [0.2, 0.25) is 5.13 Å². The number of hydrogen-bond acceptors (Lipinski definition) is 8. The summed E-state index contributed by atoms with van der Waals surface area (Å²) in [6.45, 7) is 1.93. The minimum absolute atomic E-state index is 0.0913. The van der Waals surface area contributed by atoms with Gasteiger partial charge in [0.05, 0.1) is 9.82 Å². The normalized spacial score (nSPS) is 11.4. The molecule has 2 rings (SSSR count). The fourth-order valence-corrected chi connectivity index (χ4v) is 4.49. The number of rotatable bonds is 6. The van der Waals surface area contributed by atoms with Crippen LogP contribution in [0.3, 0.4) is 0 Å². The van der Waals surface area contributed by atoms with Crippen LogP contribution in [-0.2, 0) is 10.0 Å². The van der Waals surface area contributed by atoms with E-state index in [2.05, 4.69) is 14.9 Å². The molecule has 0 bridgehead atoms. The molecule has 0 radical (unpaired) electrons. The van der Waals surface area contributed by atoms with Crippen LogP contribution in [0.1, 0.15) is 6.92 Å². The van der Waals surface area contributed by atoms with Crippen LogP contribution in [0.5, 0.6) is 0 Å². The highest BCUT2D eigenvalue weighted by Crippen LogP contribution is 2.30. The molecule has 8 nitrogen and oxygen atoms in total. The second-order valence-corrected chi connectivity index (χ2v) is 8.36. The summed E-state index contributed by atoms with van der Waals surface area (Å²) in [5.41, 5.74) is -0.482. The zero-order chi connectivity index (χ0) is 16.3. The van der Waals surface area contributed by atoms with Crippen molar-refractivity contribution in [3.8, 4) is 0 Å². The maximum absolute atomic E-state index is 12.2. The number of nitrogens with one attached hydrogen (secondary N) is 1. The molecule has 1 heterocycles. The van der Waals surface area contributed by atoms with Gasteiger partial charge in [-0.05, 0) is 17.9 Å². The zero-order valence-electron chi connectivity index (χ0n) is 11.0. The van der Waals surface area contributed by atoms with Crippen molar-refractivity contribution in [2.24, 2.45) is 0 Å². The number of nitro groups is 1. The highest BCUT2D eigenvalue weighted by molar-refractivity contribution is 8.01. The fourth-order valence-electron chi connectivity index (χ4n) is 1.41. The molecule has 0 aliphatic heterocycles. The smallest absolute Gasteiger partial charge is 0.258 e. The van der Waals surface area contributed by atoms with E-state index < -0.39 is 20.6 Å². The van der Waals surface area contributed by atoms with E-state index in [1.165, 1.54) is 17.8 Å². The first-order valence-electron chi connectivity index (χ1n) is 5.76. The lowest BCUT2D eigenvalue weighted by molar-refractivity contribution is -0.384. The molecule has 1 aromatic heterocycles. The molecule has 1 aromatic carbocycles. The van der Waals surface area contributed by atoms with Crippen molar-refractivity contribution >= 4 is 55.5 Å². The number of benzene rings is 1. The van der Waals surface area contributed by atoms with Crippen molar-refractivity contribution in [2.45, 2.75) is 16.2 Å². The maximum atomic E-state index is 12.2. The van der Waals surface area contributed by atoms with Crippen LogP contribution < -0.4 is 4.72 Å². The summed E-state index contributed by atoms with van der Waals surface area (Å²) in [6, 6.07) is 3.24. The highest BCUT2D eigenvalue weighted by atomic mass is 35.5. The molecular weight excluding hydrogens is 372 g/mol. The van der Waals surface area contributed by atoms with Crippen molar-refractivity contribution < 1.29 is 13.3 Å². The number of halogens is 1. The number of hydrogen-bond donors (Lipinski definition) is 1. The summed E-state index contributed by atoms with van der Waals surface area (Å²) in [7, 11) is -4.00. The summed E-state index contributed by atoms with van der Waals surface area (Å²) in [6.07, 6.45) is 0. The average molecular weight is 381 g/mol. The number of sulfonamides is 1. The maximum Gasteiger partial charge on any atom is 0.289 e. The third kappa shape index (κ3) is 3.85. The van der Waals surface area contributed by atoms with Gasteiger partial charge < -0.3 is 0 Å². The Morgan fingerprint density at radius 2 is 2.18 bits per heavy atom. The first-order chi connectivity index (χ1) is 10.3. The van der Waals surface area contributed by atoms with Crippen LogP contribution in [0.25, 0.3) is 0 Å². The predicted octanol–water partition coefficient (Wildman–Crippen LogP) is 3.01. The molecule has 0 saturated carbocycles. The van der Waals surface area contributed by atoms with Crippen LogP contribution in [0.15, 0.2) is 27.4 Å². The third-order valence-corrected chi connectivity index (χ3v) is 5.96. The van der Waals surface area contributed by atoms with Gasteiger partial charge in [0.1, 0.15) is 5.02 Å². The Kier molecular flexibility index (Phi) is 5.21. The van der Waals surface area contributed by atoms with E-state index in [0.717, 1.165) is 29.2 Å². The summed E-state index contributed by atoms with van der Waals surface area (Å²) in [5.74, 6) is 0.783. The largest absolute Gasteiger partial charge is 0.289 e. The summed E-state index contributed by atoms with van der Waals surface area (Å²) in [4.78, 5) is 9.80. The lowest BCUT2D eigenvalue weighted by Gasteiger charge is -2.05. The molecular formula is C10H9ClN4O4S3. The quantitative estimate of drug-likeness (QED) is 0.465. The predicted molar refractivity (Wildman–Crippen MR) is 85.2 cm³/mol. The average Bonchev–Trinajstić information content (AvgIpc) is 2.85. The molecule has 0 aliphatic rings. The first kappa shape index (κ1) is 16.9. The van der Waals surface area contributed by atoms with E-state index >= 15 is 0 Å². The SMILES string of the molecule is CCSc1nnc(NS(=O)(=O)c2ccc(Cl)c([N+](=O)[O-])c2)s1. The van der Waals surface area contributed by atoms with Crippen LogP contribution in [0.4, 0.5) is 10.8 Å². The van der Waals surface area contributed by atoms with E-state index in [9.17, 15) is 18.5 Å². The molecule has 118 valence electrons. The Balaban J connectivity index is 2.30. The molecule has 0 aliphatic carbocycles. The minimum Gasteiger partial charge on any atom is -0.258 e. The zero-order valence-corrected chi connectivity index (χ0v) is 14.2. The number of anilines is 1. The summed E-state index contributed by atoms with van der Waals surface area (Å²) in [5, 5.41) is 18.3. The van der Waals surface area contributed by atoms with Gasteiger partial charge >= 0.3 is 0 Å².